The minimum absolute atomic E-state index is 0.00642. The maximum atomic E-state index is 13.2. The van der Waals surface area contributed by atoms with E-state index in [0.717, 1.165) is 17.7 Å². The van der Waals surface area contributed by atoms with Gasteiger partial charge >= 0.3 is 0 Å². The van der Waals surface area contributed by atoms with E-state index >= 15 is 0 Å². The van der Waals surface area contributed by atoms with E-state index in [2.05, 4.69) is 21.2 Å². The first-order chi connectivity index (χ1) is 9.10. The van der Waals surface area contributed by atoms with Crippen molar-refractivity contribution in [2.24, 2.45) is 0 Å². The van der Waals surface area contributed by atoms with Crippen molar-refractivity contribution in [1.29, 1.82) is 0 Å². The van der Waals surface area contributed by atoms with Crippen LogP contribution in [0, 0.1) is 11.6 Å². The molecule has 4 heteroatoms. The molecular formula is C15H14BrF2N. The largest absolute Gasteiger partial charge is 0.378 e. The van der Waals surface area contributed by atoms with Crippen molar-refractivity contribution in [3.05, 3.63) is 64.1 Å². The molecule has 0 amide bonds. The van der Waals surface area contributed by atoms with Gasteiger partial charge < -0.3 is 5.32 Å². The Kier molecular flexibility index (Phi) is 4.53. The third-order valence-corrected chi connectivity index (χ3v) is 3.53. The molecule has 100 valence electrons. The minimum Gasteiger partial charge on any atom is -0.378 e. The van der Waals surface area contributed by atoms with Crippen LogP contribution >= 0.6 is 15.9 Å². The second-order valence-electron chi connectivity index (χ2n) is 4.29. The summed E-state index contributed by atoms with van der Waals surface area (Å²) in [6.07, 6.45) is 0.804. The monoisotopic (exact) mass is 325 g/mol. The van der Waals surface area contributed by atoms with Gasteiger partial charge in [0.1, 0.15) is 11.6 Å². The van der Waals surface area contributed by atoms with E-state index in [1.54, 1.807) is 18.2 Å². The molecule has 2 rings (SSSR count). The van der Waals surface area contributed by atoms with Gasteiger partial charge in [-0.15, -0.1) is 0 Å². The fourth-order valence-corrected chi connectivity index (χ4v) is 2.31. The molecule has 1 unspecified atom stereocenters. The Morgan fingerprint density at radius 2 is 1.95 bits per heavy atom. The molecule has 2 aromatic rings. The van der Waals surface area contributed by atoms with E-state index in [1.165, 1.54) is 18.2 Å². The van der Waals surface area contributed by atoms with Gasteiger partial charge in [0.15, 0.2) is 0 Å². The second kappa shape index (κ2) is 6.15. The zero-order chi connectivity index (χ0) is 13.8. The Labute approximate surface area is 119 Å². The summed E-state index contributed by atoms with van der Waals surface area (Å²) in [6, 6.07) is 11.2. The summed E-state index contributed by atoms with van der Waals surface area (Å²) in [6.45, 7) is 2.02. The summed E-state index contributed by atoms with van der Waals surface area (Å²) >= 11 is 3.15. The average Bonchev–Trinajstić information content (AvgIpc) is 2.40. The lowest BCUT2D eigenvalue weighted by molar-refractivity contribution is 0.619. The molecule has 0 saturated carbocycles. The highest BCUT2D eigenvalue weighted by molar-refractivity contribution is 9.10. The lowest BCUT2D eigenvalue weighted by atomic mass is 10.0. The summed E-state index contributed by atoms with van der Waals surface area (Å²) in [7, 11) is 0. The lowest BCUT2D eigenvalue weighted by Crippen LogP contribution is -2.10. The molecule has 1 nitrogen and oxygen atoms in total. The van der Waals surface area contributed by atoms with Crippen molar-refractivity contribution in [3.8, 4) is 0 Å². The number of nitrogens with one attached hydrogen (secondary N) is 1. The minimum atomic E-state index is -0.302. The van der Waals surface area contributed by atoms with Crippen molar-refractivity contribution in [1.82, 2.24) is 0 Å². The highest BCUT2D eigenvalue weighted by Crippen LogP contribution is 2.26. The molecule has 1 atom stereocenters. The van der Waals surface area contributed by atoms with E-state index in [1.807, 2.05) is 13.0 Å². The molecule has 2 aromatic carbocycles. The number of benzene rings is 2. The van der Waals surface area contributed by atoms with Crippen molar-refractivity contribution < 1.29 is 8.78 Å². The maximum absolute atomic E-state index is 13.2. The average molecular weight is 326 g/mol. The molecule has 0 aliphatic rings. The Morgan fingerprint density at radius 1 is 1.16 bits per heavy atom. The van der Waals surface area contributed by atoms with Gasteiger partial charge in [-0.2, -0.15) is 0 Å². The van der Waals surface area contributed by atoms with Crippen LogP contribution in [0.3, 0.4) is 0 Å². The molecule has 0 aliphatic carbocycles. The van der Waals surface area contributed by atoms with Crippen LogP contribution in [0.5, 0.6) is 0 Å². The van der Waals surface area contributed by atoms with Gasteiger partial charge in [-0.1, -0.05) is 19.1 Å². The number of hydrogen-bond donors (Lipinski definition) is 1. The van der Waals surface area contributed by atoms with Crippen LogP contribution in [0.25, 0.3) is 0 Å². The standard InChI is InChI=1S/C15H14BrF2N/c1-2-15(10-4-3-5-11(17)8-10)19-12-6-7-14(18)13(16)9-12/h3-9,15,19H,2H2,1H3. The first-order valence-corrected chi connectivity index (χ1v) is 6.86. The molecule has 0 bridgehead atoms. The first kappa shape index (κ1) is 14.0. The second-order valence-corrected chi connectivity index (χ2v) is 5.14. The highest BCUT2D eigenvalue weighted by atomic mass is 79.9. The van der Waals surface area contributed by atoms with E-state index in [0.29, 0.717) is 4.47 Å². The number of hydrogen-bond acceptors (Lipinski definition) is 1. The molecule has 1 N–H and O–H groups in total. The number of rotatable bonds is 4. The zero-order valence-corrected chi connectivity index (χ0v) is 12.0. The summed E-state index contributed by atoms with van der Waals surface area (Å²) in [5.41, 5.74) is 1.67. The van der Waals surface area contributed by atoms with E-state index in [4.69, 9.17) is 0 Å². The molecular weight excluding hydrogens is 312 g/mol. The van der Waals surface area contributed by atoms with Gasteiger partial charge in [0, 0.05) is 5.69 Å². The van der Waals surface area contributed by atoms with E-state index in [-0.39, 0.29) is 17.7 Å². The summed E-state index contributed by atoms with van der Waals surface area (Å²) in [4.78, 5) is 0. The fourth-order valence-electron chi connectivity index (χ4n) is 1.93. The van der Waals surface area contributed by atoms with Gasteiger partial charge in [-0.05, 0) is 58.2 Å². The third-order valence-electron chi connectivity index (χ3n) is 2.92. The van der Waals surface area contributed by atoms with Crippen molar-refractivity contribution in [3.63, 3.8) is 0 Å². The quantitative estimate of drug-likeness (QED) is 0.805. The summed E-state index contributed by atoms with van der Waals surface area (Å²) in [5.74, 6) is -0.553. The van der Waals surface area contributed by atoms with Gasteiger partial charge in [-0.25, -0.2) is 8.78 Å². The Bertz CT molecular complexity index is 572. The van der Waals surface area contributed by atoms with E-state index < -0.39 is 0 Å². The summed E-state index contributed by atoms with van der Waals surface area (Å²) < 4.78 is 26.8. The van der Waals surface area contributed by atoms with Crippen LogP contribution in [0.15, 0.2) is 46.9 Å². The topological polar surface area (TPSA) is 12.0 Å². The number of halogens is 3. The van der Waals surface area contributed by atoms with Crippen molar-refractivity contribution in [2.75, 3.05) is 5.32 Å². The molecule has 0 aromatic heterocycles. The normalized spacial score (nSPS) is 12.2. The highest BCUT2D eigenvalue weighted by Gasteiger charge is 2.10. The molecule has 0 spiro atoms. The zero-order valence-electron chi connectivity index (χ0n) is 10.5. The molecule has 0 aliphatic heterocycles. The van der Waals surface area contributed by atoms with Crippen molar-refractivity contribution >= 4 is 21.6 Å². The predicted octanol–water partition coefficient (Wildman–Crippen LogP) is 5.29. The van der Waals surface area contributed by atoms with Crippen LogP contribution < -0.4 is 5.32 Å². The van der Waals surface area contributed by atoms with Gasteiger partial charge in [0.25, 0.3) is 0 Å². The molecule has 0 saturated heterocycles. The smallest absolute Gasteiger partial charge is 0.137 e. The van der Waals surface area contributed by atoms with Gasteiger partial charge in [0.2, 0.25) is 0 Å². The molecule has 0 radical (unpaired) electrons. The number of anilines is 1. The Morgan fingerprint density at radius 3 is 2.58 bits per heavy atom. The van der Waals surface area contributed by atoms with Crippen LogP contribution in [0.1, 0.15) is 24.9 Å². The predicted molar refractivity (Wildman–Crippen MR) is 77.2 cm³/mol. The van der Waals surface area contributed by atoms with Crippen LogP contribution in [-0.2, 0) is 0 Å². The SMILES string of the molecule is CCC(Nc1ccc(F)c(Br)c1)c1cccc(F)c1. The molecule has 0 fully saturated rings. The summed E-state index contributed by atoms with van der Waals surface area (Å²) in [5, 5.41) is 3.28. The first-order valence-electron chi connectivity index (χ1n) is 6.07. The van der Waals surface area contributed by atoms with Crippen LogP contribution in [0.2, 0.25) is 0 Å². The molecule has 19 heavy (non-hydrogen) atoms. The Balaban J connectivity index is 2.21. The lowest BCUT2D eigenvalue weighted by Gasteiger charge is -2.19. The molecule has 0 heterocycles. The van der Waals surface area contributed by atoms with Crippen LogP contribution in [-0.4, -0.2) is 0 Å². The van der Waals surface area contributed by atoms with E-state index in [9.17, 15) is 8.78 Å². The van der Waals surface area contributed by atoms with Gasteiger partial charge in [0.05, 0.1) is 10.5 Å². The fraction of sp³-hybridized carbons (Fsp3) is 0.200. The van der Waals surface area contributed by atoms with Gasteiger partial charge in [-0.3, -0.25) is 0 Å². The van der Waals surface area contributed by atoms with Crippen LogP contribution in [0.4, 0.5) is 14.5 Å². The third kappa shape index (κ3) is 3.53. The maximum Gasteiger partial charge on any atom is 0.137 e. The Hall–Kier alpha value is -1.42. The van der Waals surface area contributed by atoms with Crippen molar-refractivity contribution in [2.45, 2.75) is 19.4 Å².